The molecule has 0 aliphatic heterocycles. The molecular weight excluding hydrogens is 751 g/mol. The number of benzene rings is 10. The summed E-state index contributed by atoms with van der Waals surface area (Å²) in [4.78, 5) is 2.43. The monoisotopic (exact) mass is 783 g/mol. The van der Waals surface area contributed by atoms with E-state index in [4.69, 9.17) is 8.83 Å². The van der Waals surface area contributed by atoms with E-state index in [1.165, 1.54) is 41.7 Å². The molecule has 10 aromatic carbocycles. The van der Waals surface area contributed by atoms with Crippen molar-refractivity contribution in [3.8, 4) is 22.3 Å². The molecule has 60 heavy (non-hydrogen) atoms. The molecule has 280 valence electrons. The maximum atomic E-state index is 6.50. The van der Waals surface area contributed by atoms with E-state index in [0.29, 0.717) is 0 Å². The molecule has 3 nitrogen and oxygen atoms in total. The predicted octanol–water partition coefficient (Wildman–Crippen LogP) is 17.0. The second kappa shape index (κ2) is 12.9. The molecule has 0 aliphatic carbocycles. The Hall–Kier alpha value is -7.66. The number of fused-ring (bicyclic) bond motifs is 12. The summed E-state index contributed by atoms with van der Waals surface area (Å²) in [7, 11) is 0. The number of hydrogen-bond donors (Lipinski definition) is 0. The minimum absolute atomic E-state index is 0.904. The van der Waals surface area contributed by atoms with E-state index in [9.17, 15) is 0 Å². The molecule has 3 aromatic heterocycles. The Morgan fingerprint density at radius 2 is 0.867 bits per heavy atom. The first-order valence-corrected chi connectivity index (χ1v) is 21.1. The smallest absolute Gasteiger partial charge is 0.143 e. The molecule has 13 aromatic rings. The van der Waals surface area contributed by atoms with Crippen LogP contribution in [0.4, 0.5) is 17.1 Å². The van der Waals surface area contributed by atoms with Crippen molar-refractivity contribution < 1.29 is 8.83 Å². The SMILES string of the molecule is c1ccc2c(c1)oc1c(-c3ccc(N(c4ccc5ccc6ccc(-c7cccc8c7oc7ccccc78)cc6c5c4)c4cccc5c4sc4ccccc45)cc3)cccc12. The van der Waals surface area contributed by atoms with Crippen LogP contribution in [0.15, 0.2) is 209 Å². The van der Waals surface area contributed by atoms with E-state index in [0.717, 1.165) is 83.2 Å². The van der Waals surface area contributed by atoms with Gasteiger partial charge in [-0.2, -0.15) is 0 Å². The lowest BCUT2D eigenvalue weighted by Gasteiger charge is -2.27. The fourth-order valence-corrected chi connectivity index (χ4v) is 10.6. The molecule has 0 radical (unpaired) electrons. The lowest BCUT2D eigenvalue weighted by atomic mass is 9.95. The van der Waals surface area contributed by atoms with Gasteiger partial charge in [-0.05, 0) is 87.3 Å². The van der Waals surface area contributed by atoms with E-state index in [-0.39, 0.29) is 0 Å². The first-order valence-electron chi connectivity index (χ1n) is 20.3. The van der Waals surface area contributed by atoms with Gasteiger partial charge in [-0.15, -0.1) is 11.3 Å². The zero-order valence-corrected chi connectivity index (χ0v) is 33.0. The highest BCUT2D eigenvalue weighted by molar-refractivity contribution is 7.26. The second-order valence-corrected chi connectivity index (χ2v) is 16.7. The first-order chi connectivity index (χ1) is 29.7. The molecule has 0 saturated carbocycles. The van der Waals surface area contributed by atoms with Crippen molar-refractivity contribution in [2.24, 2.45) is 0 Å². The molecule has 13 rings (SSSR count). The normalized spacial score (nSPS) is 12.0. The minimum atomic E-state index is 0.904. The van der Waals surface area contributed by atoms with Gasteiger partial charge in [-0.25, -0.2) is 0 Å². The molecule has 4 heteroatoms. The zero-order valence-electron chi connectivity index (χ0n) is 32.2. The van der Waals surface area contributed by atoms with E-state index in [2.05, 4.69) is 181 Å². The lowest BCUT2D eigenvalue weighted by molar-refractivity contribution is 0.669. The highest BCUT2D eigenvalue weighted by Crippen LogP contribution is 2.47. The van der Waals surface area contributed by atoms with Crippen molar-refractivity contribution in [1.82, 2.24) is 0 Å². The van der Waals surface area contributed by atoms with Crippen LogP contribution in [-0.4, -0.2) is 0 Å². The Bertz CT molecular complexity index is 3850. The minimum Gasteiger partial charge on any atom is -0.455 e. The van der Waals surface area contributed by atoms with Crippen molar-refractivity contribution in [2.45, 2.75) is 0 Å². The molecule has 0 bridgehead atoms. The maximum Gasteiger partial charge on any atom is 0.143 e. The topological polar surface area (TPSA) is 29.5 Å². The van der Waals surface area contributed by atoms with Crippen molar-refractivity contribution in [3.63, 3.8) is 0 Å². The van der Waals surface area contributed by atoms with Crippen LogP contribution in [0.25, 0.3) is 108 Å². The number of anilines is 3. The van der Waals surface area contributed by atoms with Crippen LogP contribution in [0.1, 0.15) is 0 Å². The predicted molar refractivity (Wildman–Crippen MR) is 254 cm³/mol. The van der Waals surface area contributed by atoms with Gasteiger partial charge in [-0.1, -0.05) is 146 Å². The summed E-state index contributed by atoms with van der Waals surface area (Å²) >= 11 is 1.85. The summed E-state index contributed by atoms with van der Waals surface area (Å²) in [5.41, 5.74) is 11.4. The van der Waals surface area contributed by atoms with Crippen molar-refractivity contribution in [3.05, 3.63) is 200 Å². The van der Waals surface area contributed by atoms with Gasteiger partial charge in [0.2, 0.25) is 0 Å². The Kier molecular flexibility index (Phi) is 7.18. The number of furan rings is 2. The van der Waals surface area contributed by atoms with Crippen molar-refractivity contribution in [2.75, 3.05) is 4.90 Å². The van der Waals surface area contributed by atoms with E-state index < -0.39 is 0 Å². The number of rotatable bonds is 5. The largest absolute Gasteiger partial charge is 0.455 e. The van der Waals surface area contributed by atoms with Gasteiger partial charge in [-0.3, -0.25) is 0 Å². The lowest BCUT2D eigenvalue weighted by Crippen LogP contribution is -2.10. The summed E-state index contributed by atoms with van der Waals surface area (Å²) in [5.74, 6) is 0. The van der Waals surface area contributed by atoms with Crippen LogP contribution >= 0.6 is 11.3 Å². The molecule has 0 aliphatic rings. The summed E-state index contributed by atoms with van der Waals surface area (Å²) in [5, 5.41) is 11.9. The molecule has 0 saturated heterocycles. The van der Waals surface area contributed by atoms with Crippen LogP contribution < -0.4 is 4.90 Å². The molecule has 0 atom stereocenters. The number of hydrogen-bond acceptors (Lipinski definition) is 4. The number of thiophene rings is 1. The highest BCUT2D eigenvalue weighted by Gasteiger charge is 2.20. The van der Waals surface area contributed by atoms with Gasteiger partial charge in [0.25, 0.3) is 0 Å². The molecule has 0 fully saturated rings. The Labute approximate surface area is 348 Å². The fraction of sp³-hybridized carbons (Fsp3) is 0. The highest BCUT2D eigenvalue weighted by atomic mass is 32.1. The fourth-order valence-electron chi connectivity index (χ4n) is 9.42. The molecule has 0 spiro atoms. The number of nitrogens with zero attached hydrogens (tertiary/aromatic N) is 1. The average Bonchev–Trinajstić information content (AvgIpc) is 4.01. The van der Waals surface area contributed by atoms with Gasteiger partial charge in [0.05, 0.1) is 10.4 Å². The van der Waals surface area contributed by atoms with Gasteiger partial charge in [0, 0.05) is 59.5 Å². The molecule has 0 unspecified atom stereocenters. The summed E-state index contributed by atoms with van der Waals surface area (Å²) in [6.45, 7) is 0. The first kappa shape index (κ1) is 33.3. The summed E-state index contributed by atoms with van der Waals surface area (Å²) < 4.78 is 15.5. The van der Waals surface area contributed by atoms with Gasteiger partial charge in [0.1, 0.15) is 22.3 Å². The van der Waals surface area contributed by atoms with Crippen LogP contribution in [-0.2, 0) is 0 Å². The third-order valence-electron chi connectivity index (χ3n) is 12.3. The Balaban J connectivity index is 1.00. The molecule has 3 heterocycles. The second-order valence-electron chi connectivity index (χ2n) is 15.6. The zero-order chi connectivity index (χ0) is 39.3. The Morgan fingerprint density at radius 1 is 0.350 bits per heavy atom. The third kappa shape index (κ3) is 5.01. The van der Waals surface area contributed by atoms with Crippen LogP contribution in [0.3, 0.4) is 0 Å². The van der Waals surface area contributed by atoms with Gasteiger partial charge in [0.15, 0.2) is 0 Å². The maximum absolute atomic E-state index is 6.50. The Morgan fingerprint density at radius 3 is 1.58 bits per heavy atom. The molecule has 0 N–H and O–H groups in total. The number of para-hydroxylation sites is 4. The van der Waals surface area contributed by atoms with Crippen LogP contribution in [0.2, 0.25) is 0 Å². The standard InChI is InChI=1S/C56H33NO2S/c1-4-19-51-42(10-1)45-15-7-13-40(54(45)58-51)34-26-29-38(30-27-34)57(50-18-9-17-47-44-12-3-6-21-53(44)60-56(47)50)39-31-28-36-23-22-35-24-25-37(32-48(35)49(36)33-39)41-14-8-16-46-43-11-2-5-20-52(43)59-55(41)46/h1-33H. The van der Waals surface area contributed by atoms with Crippen LogP contribution in [0.5, 0.6) is 0 Å². The van der Waals surface area contributed by atoms with E-state index in [1.807, 2.05) is 35.6 Å². The quantitative estimate of drug-likeness (QED) is 0.163. The van der Waals surface area contributed by atoms with E-state index >= 15 is 0 Å². The van der Waals surface area contributed by atoms with Crippen molar-refractivity contribution >= 4 is 114 Å². The summed E-state index contributed by atoms with van der Waals surface area (Å²) in [6, 6.07) is 72.1. The third-order valence-corrected chi connectivity index (χ3v) is 13.5. The van der Waals surface area contributed by atoms with Crippen LogP contribution in [0, 0.1) is 0 Å². The summed E-state index contributed by atoms with van der Waals surface area (Å²) in [6.07, 6.45) is 0. The van der Waals surface area contributed by atoms with Gasteiger partial charge >= 0.3 is 0 Å². The molecule has 0 amide bonds. The molecular formula is C56H33NO2S. The van der Waals surface area contributed by atoms with Crippen molar-refractivity contribution in [1.29, 1.82) is 0 Å². The van der Waals surface area contributed by atoms with Gasteiger partial charge < -0.3 is 13.7 Å². The van der Waals surface area contributed by atoms with E-state index in [1.54, 1.807) is 0 Å². The average molecular weight is 784 g/mol.